The Hall–Kier alpha value is -1.76. The molecule has 2 aromatic rings. The molecular formula is C11H14F2N5O6P. The molecule has 3 heterocycles. The topological polar surface area (TPSA) is 166 Å². The van der Waals surface area contributed by atoms with Gasteiger partial charge in [-0.25, -0.2) is 15.0 Å². The molecule has 25 heavy (non-hydrogen) atoms. The van der Waals surface area contributed by atoms with Crippen LogP contribution in [-0.4, -0.2) is 65.7 Å². The van der Waals surface area contributed by atoms with Crippen molar-refractivity contribution in [3.63, 3.8) is 0 Å². The molecule has 138 valence electrons. The molecule has 0 bridgehead atoms. The summed E-state index contributed by atoms with van der Waals surface area (Å²) < 4.78 is 46.7. The van der Waals surface area contributed by atoms with Gasteiger partial charge in [0.2, 0.25) is 0 Å². The zero-order valence-corrected chi connectivity index (χ0v) is 13.3. The van der Waals surface area contributed by atoms with Crippen LogP contribution in [0.3, 0.4) is 0 Å². The van der Waals surface area contributed by atoms with E-state index < -0.39 is 44.9 Å². The number of nitrogens with zero attached hydrogens (tertiary/aromatic N) is 4. The molecule has 2 aromatic heterocycles. The lowest BCUT2D eigenvalue weighted by Gasteiger charge is -2.17. The number of nitrogens with two attached hydrogens (primary N) is 1. The lowest BCUT2D eigenvalue weighted by molar-refractivity contribution is -0.0497. The van der Waals surface area contributed by atoms with Crippen LogP contribution in [0.5, 0.6) is 0 Å². The summed E-state index contributed by atoms with van der Waals surface area (Å²) >= 11 is 0. The van der Waals surface area contributed by atoms with Crippen molar-refractivity contribution in [3.8, 4) is 0 Å². The third kappa shape index (κ3) is 3.21. The number of ether oxygens (including phenoxy) is 1. The van der Waals surface area contributed by atoms with Gasteiger partial charge >= 0.3 is 13.8 Å². The number of aliphatic hydroxyl groups excluding tert-OH is 2. The number of hydrogen-bond donors (Lipinski definition) is 4. The zero-order chi connectivity index (χ0) is 18.4. The van der Waals surface area contributed by atoms with Crippen molar-refractivity contribution in [2.75, 3.05) is 12.3 Å². The average molecular weight is 381 g/mol. The summed E-state index contributed by atoms with van der Waals surface area (Å²) in [7, 11) is -5.15. The molecule has 1 aliphatic rings. The summed E-state index contributed by atoms with van der Waals surface area (Å²) in [6.07, 6.45) is -6.74. The SMILES string of the molecule is Nc1ncnc2c1ncn2C1O[C@H](COP(=O)(O)C(F)F)[C@@H](O)[C@H]1O. The minimum Gasteiger partial charge on any atom is -0.387 e. The molecule has 0 aromatic carbocycles. The number of nitrogen functional groups attached to an aromatic ring is 1. The van der Waals surface area contributed by atoms with E-state index in [4.69, 9.17) is 15.4 Å². The summed E-state index contributed by atoms with van der Waals surface area (Å²) in [4.78, 5) is 20.7. The first-order valence-corrected chi connectivity index (χ1v) is 8.57. The maximum Gasteiger partial charge on any atom is 0.394 e. The predicted octanol–water partition coefficient (Wildman–Crippen LogP) is -0.548. The molecule has 0 amide bonds. The van der Waals surface area contributed by atoms with Crippen LogP contribution < -0.4 is 5.73 Å². The molecule has 0 spiro atoms. The van der Waals surface area contributed by atoms with Gasteiger partial charge in [0.25, 0.3) is 0 Å². The lowest BCUT2D eigenvalue weighted by Crippen LogP contribution is -2.33. The van der Waals surface area contributed by atoms with E-state index >= 15 is 0 Å². The summed E-state index contributed by atoms with van der Waals surface area (Å²) in [6.45, 7) is -0.823. The molecule has 1 saturated heterocycles. The fraction of sp³-hybridized carbons (Fsp3) is 0.545. The van der Waals surface area contributed by atoms with E-state index in [0.29, 0.717) is 0 Å². The number of rotatable bonds is 5. The van der Waals surface area contributed by atoms with Gasteiger partial charge in [-0.2, -0.15) is 8.78 Å². The molecular weight excluding hydrogens is 367 g/mol. The molecule has 14 heteroatoms. The fourth-order valence-electron chi connectivity index (χ4n) is 2.39. The number of aliphatic hydroxyl groups is 2. The van der Waals surface area contributed by atoms with Crippen LogP contribution in [0.4, 0.5) is 14.6 Å². The van der Waals surface area contributed by atoms with Crippen LogP contribution in [0.1, 0.15) is 6.23 Å². The zero-order valence-electron chi connectivity index (χ0n) is 12.4. The highest BCUT2D eigenvalue weighted by Gasteiger charge is 2.46. The van der Waals surface area contributed by atoms with E-state index in [1.807, 2.05) is 0 Å². The van der Waals surface area contributed by atoms with Gasteiger partial charge in [0.15, 0.2) is 17.7 Å². The van der Waals surface area contributed by atoms with Crippen molar-refractivity contribution in [3.05, 3.63) is 12.7 Å². The van der Waals surface area contributed by atoms with Crippen molar-refractivity contribution in [2.45, 2.75) is 30.7 Å². The summed E-state index contributed by atoms with van der Waals surface area (Å²) in [5.74, 6) is 0.0924. The monoisotopic (exact) mass is 381 g/mol. The van der Waals surface area contributed by atoms with Gasteiger partial charge in [0.05, 0.1) is 12.9 Å². The van der Waals surface area contributed by atoms with E-state index in [-0.39, 0.29) is 17.0 Å². The number of imidazole rings is 1. The second kappa shape index (κ2) is 6.52. The van der Waals surface area contributed by atoms with Crippen LogP contribution >= 0.6 is 7.60 Å². The summed E-state index contributed by atoms with van der Waals surface area (Å²) in [5, 5.41) is 20.1. The van der Waals surface area contributed by atoms with Gasteiger partial charge in [0.1, 0.15) is 30.2 Å². The fourth-order valence-corrected chi connectivity index (χ4v) is 2.86. The highest BCUT2D eigenvalue weighted by atomic mass is 31.2. The van der Waals surface area contributed by atoms with Crippen molar-refractivity contribution < 1.29 is 37.7 Å². The predicted molar refractivity (Wildman–Crippen MR) is 77.4 cm³/mol. The number of alkyl halides is 2. The molecule has 1 fully saturated rings. The van der Waals surface area contributed by atoms with Crippen molar-refractivity contribution in [2.24, 2.45) is 0 Å². The number of halogens is 2. The van der Waals surface area contributed by atoms with Gasteiger partial charge in [-0.15, -0.1) is 0 Å². The molecule has 5 atom stereocenters. The van der Waals surface area contributed by atoms with Crippen LogP contribution in [0.25, 0.3) is 11.2 Å². The van der Waals surface area contributed by atoms with Gasteiger partial charge < -0.3 is 30.1 Å². The van der Waals surface area contributed by atoms with E-state index in [0.717, 1.165) is 0 Å². The minimum atomic E-state index is -5.15. The normalized spacial score (nSPS) is 29.4. The van der Waals surface area contributed by atoms with E-state index in [9.17, 15) is 23.6 Å². The van der Waals surface area contributed by atoms with Gasteiger partial charge in [-0.05, 0) is 0 Å². The van der Waals surface area contributed by atoms with E-state index in [2.05, 4.69) is 19.5 Å². The Bertz CT molecular complexity index is 821. The molecule has 0 radical (unpaired) electrons. The van der Waals surface area contributed by atoms with Crippen molar-refractivity contribution >= 4 is 24.6 Å². The van der Waals surface area contributed by atoms with Gasteiger partial charge in [-0.3, -0.25) is 9.13 Å². The number of fused-ring (bicyclic) bond motifs is 1. The lowest BCUT2D eigenvalue weighted by atomic mass is 10.1. The van der Waals surface area contributed by atoms with Crippen LogP contribution in [0.2, 0.25) is 0 Å². The first-order chi connectivity index (χ1) is 11.7. The van der Waals surface area contributed by atoms with E-state index in [1.165, 1.54) is 17.2 Å². The third-order valence-corrected chi connectivity index (χ3v) is 4.68. The molecule has 1 aliphatic heterocycles. The van der Waals surface area contributed by atoms with Gasteiger partial charge in [0, 0.05) is 0 Å². The minimum absolute atomic E-state index is 0.0924. The highest BCUT2D eigenvalue weighted by Crippen LogP contribution is 2.49. The second-order valence-corrected chi connectivity index (χ2v) is 7.04. The molecule has 2 unspecified atom stereocenters. The largest absolute Gasteiger partial charge is 0.394 e. The van der Waals surface area contributed by atoms with Crippen molar-refractivity contribution in [1.82, 2.24) is 19.5 Å². The highest BCUT2D eigenvalue weighted by molar-refractivity contribution is 7.53. The maximum atomic E-state index is 12.3. The summed E-state index contributed by atoms with van der Waals surface area (Å²) in [5.41, 5.74) is 6.11. The molecule has 11 nitrogen and oxygen atoms in total. The second-order valence-electron chi connectivity index (χ2n) is 5.27. The van der Waals surface area contributed by atoms with Crippen LogP contribution in [0.15, 0.2) is 12.7 Å². The quantitative estimate of drug-likeness (QED) is 0.494. The molecule has 0 saturated carbocycles. The first-order valence-electron chi connectivity index (χ1n) is 6.92. The Morgan fingerprint density at radius 3 is 2.76 bits per heavy atom. The van der Waals surface area contributed by atoms with Crippen LogP contribution in [0, 0.1) is 0 Å². The summed E-state index contributed by atoms with van der Waals surface area (Å²) in [6, 6.07) is 0. The van der Waals surface area contributed by atoms with E-state index in [1.54, 1.807) is 0 Å². The Balaban J connectivity index is 1.80. The average Bonchev–Trinajstić information content (AvgIpc) is 3.09. The van der Waals surface area contributed by atoms with Crippen molar-refractivity contribution in [1.29, 1.82) is 0 Å². The van der Waals surface area contributed by atoms with Gasteiger partial charge in [-0.1, -0.05) is 0 Å². The molecule has 0 aliphatic carbocycles. The molecule has 3 rings (SSSR count). The Morgan fingerprint density at radius 1 is 1.36 bits per heavy atom. The third-order valence-electron chi connectivity index (χ3n) is 3.67. The molecule has 5 N–H and O–H groups in total. The Kier molecular flexibility index (Phi) is 4.70. The number of hydrogen-bond acceptors (Lipinski definition) is 9. The standard InChI is InChI=1S/C11H14F2N5O6P/c12-11(13)25(21,22)23-1-4-6(19)7(20)10(24-4)18-3-17-5-8(14)15-2-16-9(5)18/h2-4,6-7,10-11,19-20H,1H2,(H,21,22)(H2,14,15,16)/t4-,6-,7-,10?/m1/s1. The Morgan fingerprint density at radius 2 is 2.08 bits per heavy atom. The number of aromatic nitrogens is 4. The Labute approximate surface area is 138 Å². The maximum absolute atomic E-state index is 12.3. The number of anilines is 1. The van der Waals surface area contributed by atoms with Crippen LogP contribution in [-0.2, 0) is 13.8 Å². The first kappa shape index (κ1) is 18.0. The smallest absolute Gasteiger partial charge is 0.387 e.